The van der Waals surface area contributed by atoms with Crippen LogP contribution in [0.1, 0.15) is 29.9 Å². The van der Waals surface area contributed by atoms with Crippen LogP contribution in [0.3, 0.4) is 0 Å². The Morgan fingerprint density at radius 3 is 2.52 bits per heavy atom. The number of rotatable bonds is 2. The van der Waals surface area contributed by atoms with E-state index in [1.807, 2.05) is 6.20 Å². The van der Waals surface area contributed by atoms with E-state index in [2.05, 4.69) is 67.4 Å². The molecule has 0 N–H and O–H groups in total. The Bertz CT molecular complexity index is 862. The van der Waals surface area contributed by atoms with Crippen molar-refractivity contribution in [3.63, 3.8) is 0 Å². The molecule has 0 unspecified atom stereocenters. The third-order valence-electron chi connectivity index (χ3n) is 5.46. The van der Waals surface area contributed by atoms with Gasteiger partial charge < -0.3 is 4.90 Å². The van der Waals surface area contributed by atoms with Gasteiger partial charge in [-0.15, -0.1) is 12.4 Å². The molecule has 0 amide bonds. The van der Waals surface area contributed by atoms with E-state index >= 15 is 0 Å². The number of hydrogen-bond donors (Lipinski definition) is 0. The van der Waals surface area contributed by atoms with E-state index in [-0.39, 0.29) is 12.4 Å². The van der Waals surface area contributed by atoms with Gasteiger partial charge in [-0.2, -0.15) is 0 Å². The second kappa shape index (κ2) is 7.55. The maximum atomic E-state index is 4.73. The van der Waals surface area contributed by atoms with Crippen molar-refractivity contribution in [2.24, 2.45) is 0 Å². The van der Waals surface area contributed by atoms with Crippen molar-refractivity contribution < 1.29 is 0 Å². The van der Waals surface area contributed by atoms with Gasteiger partial charge in [0.15, 0.2) is 0 Å². The minimum Gasteiger partial charge on any atom is -0.306 e. The normalized spacial score (nSPS) is 15.9. The molecule has 1 saturated heterocycles. The minimum atomic E-state index is 0. The standard InChI is InChI=1S/C22H24N2.ClH/c1-16-19(18-11-14-24(2)15-12-18)8-5-9-20(16)22-21-7-4-3-6-17(21)10-13-23-22;/h3-10,13,18H,11-12,14-15H2,1-2H3;1H. The number of likely N-dealkylation sites (tertiary alicyclic amines) is 1. The highest BCUT2D eigenvalue weighted by Crippen LogP contribution is 2.35. The number of fused-ring (bicyclic) bond motifs is 1. The Morgan fingerprint density at radius 2 is 1.72 bits per heavy atom. The first-order valence-corrected chi connectivity index (χ1v) is 8.86. The lowest BCUT2D eigenvalue weighted by atomic mass is 9.84. The summed E-state index contributed by atoms with van der Waals surface area (Å²) in [4.78, 5) is 7.16. The van der Waals surface area contributed by atoms with E-state index in [0.717, 1.165) is 5.69 Å². The molecule has 0 saturated carbocycles. The zero-order valence-corrected chi connectivity index (χ0v) is 15.7. The maximum Gasteiger partial charge on any atom is 0.0783 e. The summed E-state index contributed by atoms with van der Waals surface area (Å²) in [7, 11) is 2.22. The van der Waals surface area contributed by atoms with Crippen molar-refractivity contribution in [3.8, 4) is 11.3 Å². The zero-order chi connectivity index (χ0) is 16.5. The van der Waals surface area contributed by atoms with Crippen LogP contribution in [-0.4, -0.2) is 30.0 Å². The van der Waals surface area contributed by atoms with Crippen LogP contribution in [0.5, 0.6) is 0 Å². The molecule has 1 fully saturated rings. The molecule has 0 spiro atoms. The summed E-state index contributed by atoms with van der Waals surface area (Å²) in [5, 5.41) is 2.50. The van der Waals surface area contributed by atoms with Gasteiger partial charge in [-0.1, -0.05) is 42.5 Å². The van der Waals surface area contributed by atoms with Crippen molar-refractivity contribution in [1.29, 1.82) is 0 Å². The molecule has 3 heteroatoms. The van der Waals surface area contributed by atoms with E-state index in [1.165, 1.54) is 53.4 Å². The van der Waals surface area contributed by atoms with Gasteiger partial charge in [-0.25, -0.2) is 0 Å². The topological polar surface area (TPSA) is 16.1 Å². The van der Waals surface area contributed by atoms with Gasteiger partial charge in [0, 0.05) is 17.1 Å². The number of pyridine rings is 1. The fourth-order valence-electron chi connectivity index (χ4n) is 4.01. The molecular formula is C22H25ClN2. The first kappa shape index (κ1) is 17.9. The fourth-order valence-corrected chi connectivity index (χ4v) is 4.01. The Morgan fingerprint density at radius 1 is 0.960 bits per heavy atom. The molecule has 2 heterocycles. The Hall–Kier alpha value is -1.90. The summed E-state index contributed by atoms with van der Waals surface area (Å²) >= 11 is 0. The number of halogens is 1. The average molecular weight is 353 g/mol. The van der Waals surface area contributed by atoms with Crippen molar-refractivity contribution in [2.45, 2.75) is 25.7 Å². The van der Waals surface area contributed by atoms with Crippen LogP contribution in [0.25, 0.3) is 22.0 Å². The molecule has 0 atom stereocenters. The van der Waals surface area contributed by atoms with Crippen molar-refractivity contribution >= 4 is 23.2 Å². The van der Waals surface area contributed by atoms with Gasteiger partial charge in [0.2, 0.25) is 0 Å². The second-order valence-corrected chi connectivity index (χ2v) is 6.98. The highest BCUT2D eigenvalue weighted by molar-refractivity contribution is 5.95. The molecule has 2 aromatic carbocycles. The van der Waals surface area contributed by atoms with Gasteiger partial charge in [0.05, 0.1) is 5.69 Å². The van der Waals surface area contributed by atoms with Crippen LogP contribution >= 0.6 is 12.4 Å². The largest absolute Gasteiger partial charge is 0.306 e. The van der Waals surface area contributed by atoms with E-state index in [1.54, 1.807) is 0 Å². The SMILES string of the molecule is Cc1c(-c2nccc3ccccc23)cccc1C1CCN(C)CC1.Cl. The first-order chi connectivity index (χ1) is 11.7. The second-order valence-electron chi connectivity index (χ2n) is 6.98. The van der Waals surface area contributed by atoms with Crippen LogP contribution in [0.2, 0.25) is 0 Å². The number of benzene rings is 2. The third kappa shape index (κ3) is 3.42. The molecule has 1 aliphatic heterocycles. The zero-order valence-electron chi connectivity index (χ0n) is 14.9. The molecule has 3 aromatic rings. The molecule has 0 bridgehead atoms. The monoisotopic (exact) mass is 352 g/mol. The lowest BCUT2D eigenvalue weighted by Crippen LogP contribution is -2.29. The van der Waals surface area contributed by atoms with Gasteiger partial charge in [0.1, 0.15) is 0 Å². The van der Waals surface area contributed by atoms with E-state index in [0.29, 0.717) is 5.92 Å². The summed E-state index contributed by atoms with van der Waals surface area (Å²) < 4.78 is 0. The molecule has 2 nitrogen and oxygen atoms in total. The summed E-state index contributed by atoms with van der Waals surface area (Å²) in [6.07, 6.45) is 4.44. The Kier molecular flexibility index (Phi) is 5.41. The summed E-state index contributed by atoms with van der Waals surface area (Å²) in [6.45, 7) is 4.66. The smallest absolute Gasteiger partial charge is 0.0783 e. The molecule has 1 aromatic heterocycles. The number of hydrogen-bond acceptors (Lipinski definition) is 2. The molecule has 0 radical (unpaired) electrons. The van der Waals surface area contributed by atoms with Crippen LogP contribution in [0.15, 0.2) is 54.7 Å². The van der Waals surface area contributed by atoms with Gasteiger partial charge >= 0.3 is 0 Å². The Balaban J connectivity index is 0.00000182. The molecule has 4 rings (SSSR count). The molecule has 1 aliphatic rings. The van der Waals surface area contributed by atoms with E-state index in [9.17, 15) is 0 Å². The first-order valence-electron chi connectivity index (χ1n) is 8.86. The minimum absolute atomic E-state index is 0. The van der Waals surface area contributed by atoms with Crippen LogP contribution in [0, 0.1) is 6.92 Å². The van der Waals surface area contributed by atoms with E-state index < -0.39 is 0 Å². The average Bonchev–Trinajstić information content (AvgIpc) is 2.62. The quantitative estimate of drug-likeness (QED) is 0.610. The van der Waals surface area contributed by atoms with Crippen LogP contribution in [-0.2, 0) is 0 Å². The van der Waals surface area contributed by atoms with Crippen LogP contribution < -0.4 is 0 Å². The van der Waals surface area contributed by atoms with Crippen molar-refractivity contribution in [3.05, 3.63) is 65.9 Å². The summed E-state index contributed by atoms with van der Waals surface area (Å²) in [6, 6.07) is 17.4. The number of aromatic nitrogens is 1. The van der Waals surface area contributed by atoms with Gasteiger partial charge in [0.25, 0.3) is 0 Å². The van der Waals surface area contributed by atoms with Crippen LogP contribution in [0.4, 0.5) is 0 Å². The summed E-state index contributed by atoms with van der Waals surface area (Å²) in [5.74, 6) is 0.677. The Labute approximate surface area is 156 Å². The molecule has 0 aliphatic carbocycles. The third-order valence-corrected chi connectivity index (χ3v) is 5.46. The number of piperidine rings is 1. The molecular weight excluding hydrogens is 328 g/mol. The highest BCUT2D eigenvalue weighted by atomic mass is 35.5. The van der Waals surface area contributed by atoms with Crippen molar-refractivity contribution in [1.82, 2.24) is 9.88 Å². The summed E-state index contributed by atoms with van der Waals surface area (Å²) in [5.41, 5.74) is 5.30. The maximum absolute atomic E-state index is 4.73. The molecule has 130 valence electrons. The lowest BCUT2D eigenvalue weighted by Gasteiger charge is -2.30. The number of nitrogens with zero attached hydrogens (tertiary/aromatic N) is 2. The van der Waals surface area contributed by atoms with Gasteiger partial charge in [-0.05, 0) is 68.4 Å². The van der Waals surface area contributed by atoms with Gasteiger partial charge in [-0.3, -0.25) is 4.98 Å². The molecule has 25 heavy (non-hydrogen) atoms. The lowest BCUT2D eigenvalue weighted by molar-refractivity contribution is 0.255. The van der Waals surface area contributed by atoms with E-state index in [4.69, 9.17) is 4.98 Å². The predicted molar refractivity (Wildman–Crippen MR) is 109 cm³/mol. The predicted octanol–water partition coefficient (Wildman–Crippen LogP) is 5.44. The fraction of sp³-hybridized carbons (Fsp3) is 0.318. The highest BCUT2D eigenvalue weighted by Gasteiger charge is 2.21. The van der Waals surface area contributed by atoms with Crippen molar-refractivity contribution in [2.75, 3.05) is 20.1 Å².